The van der Waals surface area contributed by atoms with Crippen molar-refractivity contribution in [3.63, 3.8) is 0 Å². The topological polar surface area (TPSA) is 29.9 Å². The molecule has 1 heterocycles. The summed E-state index contributed by atoms with van der Waals surface area (Å²) in [5.74, 6) is -1.62. The van der Waals surface area contributed by atoms with E-state index in [1.165, 1.54) is 6.07 Å². The minimum Gasteiger partial charge on any atom is -0.336 e. The smallest absolute Gasteiger partial charge is 0.159 e. The number of nitrogens with one attached hydrogen (secondary N) is 1. The Morgan fingerprint density at radius 2 is 2.12 bits per heavy atom. The average molecular weight is 237 g/mol. The molecule has 0 bridgehead atoms. The van der Waals surface area contributed by atoms with Crippen molar-refractivity contribution in [2.45, 2.75) is 13.1 Å². The van der Waals surface area contributed by atoms with Gasteiger partial charge in [0.2, 0.25) is 0 Å². The van der Waals surface area contributed by atoms with Gasteiger partial charge in [0.15, 0.2) is 11.6 Å². The predicted octanol–water partition coefficient (Wildman–Crippen LogP) is 1.95. The van der Waals surface area contributed by atoms with Gasteiger partial charge in [-0.1, -0.05) is 6.07 Å². The summed E-state index contributed by atoms with van der Waals surface area (Å²) in [7, 11) is 0. The van der Waals surface area contributed by atoms with Crippen LogP contribution in [0, 0.1) is 11.6 Å². The molecule has 2 aromatic rings. The van der Waals surface area contributed by atoms with Crippen molar-refractivity contribution in [2.75, 3.05) is 6.54 Å². The summed E-state index contributed by atoms with van der Waals surface area (Å²) in [5.41, 5.74) is 0.731. The number of hydrogen-bond acceptors (Lipinski definition) is 2. The molecule has 0 saturated carbocycles. The van der Waals surface area contributed by atoms with Gasteiger partial charge in [0, 0.05) is 32.0 Å². The van der Waals surface area contributed by atoms with E-state index in [1.807, 2.05) is 10.8 Å². The van der Waals surface area contributed by atoms with E-state index in [0.717, 1.165) is 24.7 Å². The van der Waals surface area contributed by atoms with E-state index < -0.39 is 11.6 Å². The van der Waals surface area contributed by atoms with Gasteiger partial charge < -0.3 is 9.88 Å². The van der Waals surface area contributed by atoms with E-state index in [1.54, 1.807) is 18.6 Å². The molecule has 0 unspecified atom stereocenters. The van der Waals surface area contributed by atoms with E-state index in [9.17, 15) is 8.78 Å². The highest BCUT2D eigenvalue weighted by molar-refractivity contribution is 5.17. The summed E-state index contributed by atoms with van der Waals surface area (Å²) in [6.07, 6.45) is 5.33. The van der Waals surface area contributed by atoms with E-state index >= 15 is 0 Å². The number of hydrogen-bond donors (Lipinski definition) is 1. The highest BCUT2D eigenvalue weighted by Crippen LogP contribution is 2.08. The molecule has 90 valence electrons. The highest BCUT2D eigenvalue weighted by Gasteiger charge is 2.01. The summed E-state index contributed by atoms with van der Waals surface area (Å²) in [6, 6.07) is 3.92. The zero-order chi connectivity index (χ0) is 12.1. The molecule has 0 radical (unpaired) electrons. The first-order chi connectivity index (χ1) is 8.25. The Balaban J connectivity index is 1.76. The van der Waals surface area contributed by atoms with Crippen LogP contribution in [0.5, 0.6) is 0 Å². The van der Waals surface area contributed by atoms with Gasteiger partial charge in [-0.2, -0.15) is 0 Å². The standard InChI is InChI=1S/C12H13F2N3/c13-11-2-1-10(7-12(11)14)8-15-3-5-17-6-4-16-9-17/h1-2,4,6-7,9,15H,3,5,8H2. The zero-order valence-corrected chi connectivity index (χ0v) is 9.24. The Hall–Kier alpha value is -1.75. The van der Waals surface area contributed by atoms with Crippen molar-refractivity contribution in [1.82, 2.24) is 14.9 Å². The summed E-state index contributed by atoms with van der Waals surface area (Å²) in [5, 5.41) is 3.15. The maximum atomic E-state index is 12.9. The van der Waals surface area contributed by atoms with E-state index in [4.69, 9.17) is 0 Å². The lowest BCUT2D eigenvalue weighted by Crippen LogP contribution is -2.19. The normalized spacial score (nSPS) is 10.7. The molecule has 0 spiro atoms. The van der Waals surface area contributed by atoms with Crippen LogP contribution in [0.3, 0.4) is 0 Å². The van der Waals surface area contributed by atoms with Crippen molar-refractivity contribution < 1.29 is 8.78 Å². The fourth-order valence-electron chi connectivity index (χ4n) is 1.51. The molecule has 3 nitrogen and oxygen atoms in total. The van der Waals surface area contributed by atoms with Crippen LogP contribution in [-0.2, 0) is 13.1 Å². The Morgan fingerprint density at radius 3 is 2.82 bits per heavy atom. The number of imidazole rings is 1. The summed E-state index contributed by atoms with van der Waals surface area (Å²) < 4.78 is 27.5. The molecule has 0 aliphatic heterocycles. The van der Waals surface area contributed by atoms with Crippen molar-refractivity contribution in [1.29, 1.82) is 0 Å². The number of rotatable bonds is 5. The van der Waals surface area contributed by atoms with Gasteiger partial charge >= 0.3 is 0 Å². The molecule has 0 atom stereocenters. The van der Waals surface area contributed by atoms with E-state index in [-0.39, 0.29) is 0 Å². The lowest BCUT2D eigenvalue weighted by Gasteiger charge is -2.06. The maximum Gasteiger partial charge on any atom is 0.159 e. The molecule has 1 aromatic carbocycles. The Kier molecular flexibility index (Phi) is 3.82. The SMILES string of the molecule is Fc1ccc(CNCCn2ccnc2)cc1F. The molecule has 0 saturated heterocycles. The van der Waals surface area contributed by atoms with Crippen LogP contribution in [0.25, 0.3) is 0 Å². The number of nitrogens with zero attached hydrogens (tertiary/aromatic N) is 2. The van der Waals surface area contributed by atoms with Gasteiger partial charge in [0.25, 0.3) is 0 Å². The molecule has 17 heavy (non-hydrogen) atoms. The number of aromatic nitrogens is 2. The molecule has 1 N–H and O–H groups in total. The molecule has 5 heteroatoms. The lowest BCUT2D eigenvalue weighted by molar-refractivity contribution is 0.505. The largest absolute Gasteiger partial charge is 0.336 e. The van der Waals surface area contributed by atoms with Gasteiger partial charge in [-0.05, 0) is 17.7 Å². The number of benzene rings is 1. The summed E-state index contributed by atoms with van der Waals surface area (Å²) in [6.45, 7) is 2.06. The first-order valence-corrected chi connectivity index (χ1v) is 5.36. The van der Waals surface area contributed by atoms with Crippen LogP contribution in [0.1, 0.15) is 5.56 Å². The molecular formula is C12H13F2N3. The third-order valence-electron chi connectivity index (χ3n) is 2.42. The minimum absolute atomic E-state index is 0.520. The average Bonchev–Trinajstić information content (AvgIpc) is 2.82. The monoisotopic (exact) mass is 237 g/mol. The molecule has 0 aliphatic carbocycles. The van der Waals surface area contributed by atoms with Gasteiger partial charge in [0.05, 0.1) is 6.33 Å². The second kappa shape index (κ2) is 5.54. The third kappa shape index (κ3) is 3.35. The maximum absolute atomic E-state index is 12.9. The quantitative estimate of drug-likeness (QED) is 0.805. The Bertz CT molecular complexity index is 469. The molecule has 0 amide bonds. The van der Waals surface area contributed by atoms with Crippen molar-refractivity contribution in [2.24, 2.45) is 0 Å². The second-order valence-electron chi connectivity index (χ2n) is 3.73. The zero-order valence-electron chi connectivity index (χ0n) is 9.24. The van der Waals surface area contributed by atoms with Crippen LogP contribution in [-0.4, -0.2) is 16.1 Å². The first kappa shape index (κ1) is 11.7. The van der Waals surface area contributed by atoms with Crippen molar-refractivity contribution >= 4 is 0 Å². The van der Waals surface area contributed by atoms with E-state index in [2.05, 4.69) is 10.3 Å². The highest BCUT2D eigenvalue weighted by atomic mass is 19.2. The van der Waals surface area contributed by atoms with Crippen molar-refractivity contribution in [3.05, 3.63) is 54.1 Å². The second-order valence-corrected chi connectivity index (χ2v) is 3.73. The molecule has 1 aromatic heterocycles. The molecular weight excluding hydrogens is 224 g/mol. The van der Waals surface area contributed by atoms with Gasteiger partial charge in [0.1, 0.15) is 0 Å². The summed E-state index contributed by atoms with van der Waals surface area (Å²) >= 11 is 0. The van der Waals surface area contributed by atoms with Gasteiger partial charge in [-0.25, -0.2) is 13.8 Å². The van der Waals surface area contributed by atoms with E-state index in [0.29, 0.717) is 6.54 Å². The van der Waals surface area contributed by atoms with Crippen LogP contribution in [0.2, 0.25) is 0 Å². The van der Waals surface area contributed by atoms with Crippen LogP contribution in [0.4, 0.5) is 8.78 Å². The van der Waals surface area contributed by atoms with Crippen LogP contribution in [0.15, 0.2) is 36.9 Å². The first-order valence-electron chi connectivity index (χ1n) is 5.36. The predicted molar refractivity (Wildman–Crippen MR) is 60.3 cm³/mol. The van der Waals surface area contributed by atoms with Gasteiger partial charge in [-0.15, -0.1) is 0 Å². The third-order valence-corrected chi connectivity index (χ3v) is 2.42. The molecule has 0 fully saturated rings. The molecule has 2 rings (SSSR count). The molecule has 0 aliphatic rings. The van der Waals surface area contributed by atoms with Crippen LogP contribution >= 0.6 is 0 Å². The lowest BCUT2D eigenvalue weighted by atomic mass is 10.2. The van der Waals surface area contributed by atoms with Crippen molar-refractivity contribution in [3.8, 4) is 0 Å². The fourth-order valence-corrected chi connectivity index (χ4v) is 1.51. The number of halogens is 2. The Labute approximate surface area is 98.1 Å². The summed E-state index contributed by atoms with van der Waals surface area (Å²) in [4.78, 5) is 3.92. The minimum atomic E-state index is -0.813. The van der Waals surface area contributed by atoms with Gasteiger partial charge in [-0.3, -0.25) is 0 Å². The van der Waals surface area contributed by atoms with Crippen LogP contribution < -0.4 is 5.32 Å². The fraction of sp³-hybridized carbons (Fsp3) is 0.250. The Morgan fingerprint density at radius 1 is 1.24 bits per heavy atom.